The summed E-state index contributed by atoms with van der Waals surface area (Å²) in [4.78, 5) is 27.3. The number of nitrogens with one attached hydrogen (secondary N) is 1. The molecule has 1 N–H and O–H groups in total. The van der Waals surface area contributed by atoms with Crippen LogP contribution in [0.1, 0.15) is 32.3 Å². The Morgan fingerprint density at radius 2 is 1.60 bits per heavy atom. The molecule has 35 heavy (non-hydrogen) atoms. The second-order valence-electron chi connectivity index (χ2n) is 8.18. The molecule has 8 nitrogen and oxygen atoms in total. The minimum Gasteiger partial charge on any atom is -0.354 e. The Balaban J connectivity index is 2.44. The summed E-state index contributed by atoms with van der Waals surface area (Å²) in [6.45, 7) is 2.78. The summed E-state index contributed by atoms with van der Waals surface area (Å²) in [5.74, 6) is -2.66. The molecular weight excluding hydrogens is 478 g/mol. The molecule has 0 aliphatic carbocycles. The number of rotatable bonds is 12. The van der Waals surface area contributed by atoms with Gasteiger partial charge in [0.25, 0.3) is 0 Å². The Bertz CT molecular complexity index is 1130. The number of benzene rings is 2. The van der Waals surface area contributed by atoms with E-state index in [1.165, 1.54) is 57.4 Å². The van der Waals surface area contributed by atoms with Gasteiger partial charge < -0.3 is 10.2 Å². The van der Waals surface area contributed by atoms with Crippen LogP contribution in [0, 0.1) is 11.6 Å². The highest BCUT2D eigenvalue weighted by Crippen LogP contribution is 2.24. The van der Waals surface area contributed by atoms with Gasteiger partial charge in [-0.25, -0.2) is 13.1 Å². The van der Waals surface area contributed by atoms with E-state index in [9.17, 15) is 26.8 Å². The number of anilines is 1. The number of para-hydroxylation sites is 1. The zero-order valence-electron chi connectivity index (χ0n) is 20.4. The van der Waals surface area contributed by atoms with Crippen LogP contribution in [0.15, 0.2) is 48.5 Å². The van der Waals surface area contributed by atoms with Gasteiger partial charge in [-0.05, 0) is 31.5 Å². The third kappa shape index (κ3) is 7.22. The summed E-state index contributed by atoms with van der Waals surface area (Å²) < 4.78 is 56.5. The molecule has 0 aliphatic rings. The first-order valence-corrected chi connectivity index (χ1v) is 12.7. The van der Waals surface area contributed by atoms with Crippen LogP contribution in [0.5, 0.6) is 0 Å². The van der Waals surface area contributed by atoms with Crippen LogP contribution in [-0.4, -0.2) is 62.7 Å². The van der Waals surface area contributed by atoms with Gasteiger partial charge in [0.05, 0.1) is 5.69 Å². The molecule has 192 valence electrons. The third-order valence-corrected chi connectivity index (χ3v) is 7.24. The normalized spacial score (nSPS) is 12.3. The molecule has 0 aromatic heterocycles. The number of nitrogens with zero attached hydrogens (tertiary/aromatic N) is 3. The van der Waals surface area contributed by atoms with E-state index in [0.29, 0.717) is 10.8 Å². The van der Waals surface area contributed by atoms with Crippen LogP contribution in [0.2, 0.25) is 0 Å². The van der Waals surface area contributed by atoms with Gasteiger partial charge in [0.15, 0.2) is 0 Å². The Morgan fingerprint density at radius 3 is 2.17 bits per heavy atom. The van der Waals surface area contributed by atoms with Gasteiger partial charge in [0, 0.05) is 32.7 Å². The van der Waals surface area contributed by atoms with Gasteiger partial charge in [0.2, 0.25) is 11.8 Å². The number of carbonyl (C=O) groups excluding carboxylic acids is 2. The predicted octanol–water partition coefficient (Wildman–Crippen LogP) is 2.91. The Morgan fingerprint density at radius 1 is 1.00 bits per heavy atom. The molecular formula is C24H32F2N4O4S. The molecule has 0 saturated heterocycles. The fourth-order valence-electron chi connectivity index (χ4n) is 3.28. The number of halogens is 2. The molecule has 0 radical (unpaired) electrons. The van der Waals surface area contributed by atoms with E-state index >= 15 is 0 Å². The van der Waals surface area contributed by atoms with E-state index < -0.39 is 46.2 Å². The quantitative estimate of drug-likeness (QED) is 0.445. The number of hydrogen-bond donors (Lipinski definition) is 1. The van der Waals surface area contributed by atoms with Gasteiger partial charge in [-0.2, -0.15) is 12.7 Å². The maximum Gasteiger partial charge on any atom is 0.304 e. The average molecular weight is 511 g/mol. The maximum absolute atomic E-state index is 14.6. The van der Waals surface area contributed by atoms with Crippen molar-refractivity contribution in [3.05, 3.63) is 65.7 Å². The molecule has 0 heterocycles. The van der Waals surface area contributed by atoms with Crippen molar-refractivity contribution in [2.45, 2.75) is 39.3 Å². The molecule has 2 aromatic carbocycles. The van der Waals surface area contributed by atoms with Crippen LogP contribution in [0.25, 0.3) is 0 Å². The lowest BCUT2D eigenvalue weighted by Gasteiger charge is -2.33. The zero-order chi connectivity index (χ0) is 26.2. The van der Waals surface area contributed by atoms with E-state index in [1.807, 2.05) is 6.92 Å². The minimum atomic E-state index is -4.28. The Kier molecular flexibility index (Phi) is 10.1. The van der Waals surface area contributed by atoms with Crippen LogP contribution in [0.4, 0.5) is 14.5 Å². The molecule has 2 aromatic rings. The van der Waals surface area contributed by atoms with E-state index in [1.54, 1.807) is 6.07 Å². The lowest BCUT2D eigenvalue weighted by Crippen LogP contribution is -2.52. The van der Waals surface area contributed by atoms with Crippen molar-refractivity contribution < 1.29 is 26.8 Å². The highest BCUT2D eigenvalue weighted by Gasteiger charge is 2.33. The largest absolute Gasteiger partial charge is 0.354 e. The van der Waals surface area contributed by atoms with Gasteiger partial charge >= 0.3 is 10.2 Å². The standard InChI is InChI=1S/C24H32F2N4O4S/c1-5-6-15-27-24(32)18(2)29(16-19-11-7-8-12-20(19)25)23(31)17-30(35(33,34)28(3)4)22-14-10-9-13-21(22)26/h7-14,18H,5-6,15-17H2,1-4H3,(H,27,32)/t18-/m0/s1. The molecule has 0 fully saturated rings. The van der Waals surface area contributed by atoms with Crippen LogP contribution in [0.3, 0.4) is 0 Å². The van der Waals surface area contributed by atoms with E-state index in [-0.39, 0.29) is 17.8 Å². The topological polar surface area (TPSA) is 90.0 Å². The highest BCUT2D eigenvalue weighted by molar-refractivity contribution is 7.90. The molecule has 2 amide bonds. The predicted molar refractivity (Wildman–Crippen MR) is 131 cm³/mol. The second-order valence-corrected chi connectivity index (χ2v) is 10.2. The number of unbranched alkanes of at least 4 members (excludes halogenated alkanes) is 1. The van der Waals surface area contributed by atoms with Crippen molar-refractivity contribution in [1.82, 2.24) is 14.5 Å². The monoisotopic (exact) mass is 510 g/mol. The van der Waals surface area contributed by atoms with Crippen molar-refractivity contribution in [2.75, 3.05) is 31.5 Å². The third-order valence-electron chi connectivity index (χ3n) is 5.44. The SMILES string of the molecule is CCCCNC(=O)[C@H](C)N(Cc1ccccc1F)C(=O)CN(c1ccccc1F)S(=O)(=O)N(C)C. The summed E-state index contributed by atoms with van der Waals surface area (Å²) in [6.07, 6.45) is 1.59. The van der Waals surface area contributed by atoms with Crippen molar-refractivity contribution in [3.8, 4) is 0 Å². The van der Waals surface area contributed by atoms with Crippen molar-refractivity contribution in [1.29, 1.82) is 0 Å². The molecule has 0 unspecified atom stereocenters. The minimum absolute atomic E-state index is 0.155. The molecule has 0 saturated carbocycles. The van der Waals surface area contributed by atoms with E-state index in [4.69, 9.17) is 0 Å². The van der Waals surface area contributed by atoms with Crippen LogP contribution in [-0.2, 0) is 26.3 Å². The lowest BCUT2D eigenvalue weighted by atomic mass is 10.1. The summed E-state index contributed by atoms with van der Waals surface area (Å²) in [7, 11) is -1.77. The van der Waals surface area contributed by atoms with Crippen molar-refractivity contribution in [2.24, 2.45) is 0 Å². The number of hydrogen-bond acceptors (Lipinski definition) is 4. The number of carbonyl (C=O) groups is 2. The number of amides is 2. The van der Waals surface area contributed by atoms with Crippen LogP contribution < -0.4 is 9.62 Å². The fourth-order valence-corrected chi connectivity index (χ4v) is 4.35. The zero-order valence-corrected chi connectivity index (χ0v) is 21.2. The molecule has 0 spiro atoms. The van der Waals surface area contributed by atoms with E-state index in [2.05, 4.69) is 5.32 Å². The molecule has 0 bridgehead atoms. The lowest BCUT2D eigenvalue weighted by molar-refractivity contribution is -0.139. The highest BCUT2D eigenvalue weighted by atomic mass is 32.2. The van der Waals surface area contributed by atoms with E-state index in [0.717, 1.165) is 28.1 Å². The fraction of sp³-hybridized carbons (Fsp3) is 0.417. The first-order chi connectivity index (χ1) is 16.5. The smallest absolute Gasteiger partial charge is 0.304 e. The Hall–Kier alpha value is -3.05. The summed E-state index contributed by atoms with van der Waals surface area (Å²) in [5.41, 5.74) is -0.164. The molecule has 2 rings (SSSR count). The first-order valence-electron chi connectivity index (χ1n) is 11.3. The van der Waals surface area contributed by atoms with Crippen molar-refractivity contribution in [3.63, 3.8) is 0 Å². The average Bonchev–Trinajstić information content (AvgIpc) is 2.82. The van der Waals surface area contributed by atoms with Crippen LogP contribution >= 0.6 is 0 Å². The summed E-state index contributed by atoms with van der Waals surface area (Å²) >= 11 is 0. The summed E-state index contributed by atoms with van der Waals surface area (Å²) in [5, 5.41) is 2.74. The first kappa shape index (κ1) is 28.2. The van der Waals surface area contributed by atoms with Crippen molar-refractivity contribution >= 4 is 27.7 Å². The van der Waals surface area contributed by atoms with Gasteiger partial charge in [0.1, 0.15) is 24.2 Å². The van der Waals surface area contributed by atoms with Gasteiger partial charge in [-0.3, -0.25) is 9.59 Å². The summed E-state index contributed by atoms with van der Waals surface area (Å²) in [6, 6.07) is 9.92. The maximum atomic E-state index is 14.6. The molecule has 0 aliphatic heterocycles. The Labute approximate surface area is 205 Å². The van der Waals surface area contributed by atoms with Gasteiger partial charge in [-0.1, -0.05) is 43.7 Å². The van der Waals surface area contributed by atoms with Gasteiger partial charge in [-0.15, -0.1) is 0 Å². The molecule has 1 atom stereocenters. The molecule has 11 heteroatoms. The second kappa shape index (κ2) is 12.6.